The molecule has 4 aromatic rings. The van der Waals surface area contributed by atoms with E-state index >= 15 is 0 Å². The molecule has 0 bridgehead atoms. The maximum atomic E-state index is 13.7. The summed E-state index contributed by atoms with van der Waals surface area (Å²) in [6.45, 7) is 7.93. The van der Waals surface area contributed by atoms with Crippen molar-refractivity contribution in [3.8, 4) is 22.8 Å². The van der Waals surface area contributed by atoms with Crippen LogP contribution in [-0.2, 0) is 26.1 Å². The van der Waals surface area contributed by atoms with Gasteiger partial charge in [-0.2, -0.15) is 0 Å². The van der Waals surface area contributed by atoms with Gasteiger partial charge in [-0.15, -0.1) is 0 Å². The predicted octanol–water partition coefficient (Wildman–Crippen LogP) is 4.58. The van der Waals surface area contributed by atoms with Gasteiger partial charge in [-0.3, -0.25) is 9.13 Å². The van der Waals surface area contributed by atoms with Crippen LogP contribution in [0.4, 0.5) is 5.69 Å². The fourth-order valence-electron chi connectivity index (χ4n) is 5.25. The molecule has 2 heterocycles. The molecule has 38 heavy (non-hydrogen) atoms. The van der Waals surface area contributed by atoms with Gasteiger partial charge in [-0.05, 0) is 61.6 Å². The SMILES string of the molecule is COc1cc2c(cc1OCc1ccccc1)CCn1c-2c/c(=N\c2c(C)cc(C)cc2C)n(CCN)c1=O. The zero-order chi connectivity index (χ0) is 26.8. The number of aromatic nitrogens is 2. The molecule has 0 fully saturated rings. The Kier molecular flexibility index (Phi) is 7.20. The molecule has 5 rings (SSSR count). The van der Waals surface area contributed by atoms with Gasteiger partial charge in [0, 0.05) is 31.3 Å². The summed E-state index contributed by atoms with van der Waals surface area (Å²) in [6.07, 6.45) is 0.712. The Hall–Kier alpha value is -4.10. The fourth-order valence-corrected chi connectivity index (χ4v) is 5.25. The van der Waals surface area contributed by atoms with Crippen LogP contribution < -0.4 is 26.4 Å². The van der Waals surface area contributed by atoms with Crippen molar-refractivity contribution in [2.75, 3.05) is 13.7 Å². The second-order valence-electron chi connectivity index (χ2n) is 9.81. The molecule has 0 aliphatic carbocycles. The molecular weight excluding hydrogens is 476 g/mol. The van der Waals surface area contributed by atoms with E-state index in [1.54, 1.807) is 11.7 Å². The number of fused-ring (bicyclic) bond motifs is 3. The lowest BCUT2D eigenvalue weighted by Crippen LogP contribution is -2.43. The number of nitrogens with two attached hydrogens (primary N) is 1. The summed E-state index contributed by atoms with van der Waals surface area (Å²) in [4.78, 5) is 18.7. The molecule has 3 aromatic carbocycles. The molecular formula is C31H34N4O3. The summed E-state index contributed by atoms with van der Waals surface area (Å²) in [7, 11) is 1.64. The van der Waals surface area contributed by atoms with E-state index in [9.17, 15) is 4.79 Å². The van der Waals surface area contributed by atoms with E-state index < -0.39 is 0 Å². The average Bonchev–Trinajstić information content (AvgIpc) is 2.91. The van der Waals surface area contributed by atoms with E-state index in [4.69, 9.17) is 20.2 Å². The summed E-state index contributed by atoms with van der Waals surface area (Å²) in [5.41, 5.74) is 14.6. The van der Waals surface area contributed by atoms with Crippen molar-refractivity contribution < 1.29 is 9.47 Å². The third-order valence-corrected chi connectivity index (χ3v) is 7.02. The first-order chi connectivity index (χ1) is 18.4. The van der Waals surface area contributed by atoms with Crippen molar-refractivity contribution in [2.45, 2.75) is 46.9 Å². The first kappa shape index (κ1) is 25.5. The smallest absolute Gasteiger partial charge is 0.330 e. The summed E-state index contributed by atoms with van der Waals surface area (Å²) < 4.78 is 15.4. The van der Waals surface area contributed by atoms with E-state index in [2.05, 4.69) is 32.9 Å². The molecule has 0 amide bonds. The molecule has 1 aliphatic rings. The van der Waals surface area contributed by atoms with Crippen LogP contribution in [0.2, 0.25) is 0 Å². The van der Waals surface area contributed by atoms with Crippen LogP contribution in [-0.4, -0.2) is 22.8 Å². The van der Waals surface area contributed by atoms with Crippen molar-refractivity contribution in [3.05, 3.63) is 104 Å². The Morgan fingerprint density at radius 3 is 2.39 bits per heavy atom. The van der Waals surface area contributed by atoms with Crippen molar-refractivity contribution in [2.24, 2.45) is 10.7 Å². The largest absolute Gasteiger partial charge is 0.493 e. The first-order valence-corrected chi connectivity index (χ1v) is 12.9. The van der Waals surface area contributed by atoms with E-state index in [1.165, 1.54) is 5.56 Å². The van der Waals surface area contributed by atoms with Gasteiger partial charge in [-0.1, -0.05) is 48.0 Å². The minimum atomic E-state index is -0.108. The van der Waals surface area contributed by atoms with Crippen molar-refractivity contribution in [1.29, 1.82) is 0 Å². The van der Waals surface area contributed by atoms with E-state index in [1.807, 2.05) is 53.1 Å². The number of methoxy groups -OCH3 is 1. The number of hydrogen-bond donors (Lipinski definition) is 1. The average molecular weight is 511 g/mol. The highest BCUT2D eigenvalue weighted by molar-refractivity contribution is 5.70. The minimum absolute atomic E-state index is 0.108. The summed E-state index contributed by atoms with van der Waals surface area (Å²) in [5, 5.41) is 0. The van der Waals surface area contributed by atoms with Gasteiger partial charge >= 0.3 is 5.69 Å². The Balaban J connectivity index is 1.64. The maximum absolute atomic E-state index is 13.7. The zero-order valence-electron chi connectivity index (χ0n) is 22.5. The molecule has 2 N–H and O–H groups in total. The van der Waals surface area contributed by atoms with Gasteiger partial charge in [0.25, 0.3) is 0 Å². The number of rotatable bonds is 7. The van der Waals surface area contributed by atoms with E-state index in [0.29, 0.717) is 49.6 Å². The Labute approximate surface area is 222 Å². The fraction of sp³-hybridized carbons (Fsp3) is 0.290. The molecule has 0 spiro atoms. The Morgan fingerprint density at radius 2 is 1.71 bits per heavy atom. The molecule has 196 valence electrons. The quantitative estimate of drug-likeness (QED) is 0.395. The molecule has 0 radical (unpaired) electrons. The van der Waals surface area contributed by atoms with Gasteiger partial charge in [-0.25, -0.2) is 9.79 Å². The molecule has 7 heteroatoms. The number of ether oxygens (including phenoxy) is 2. The monoisotopic (exact) mass is 510 g/mol. The molecule has 1 aromatic heterocycles. The number of benzene rings is 3. The lowest BCUT2D eigenvalue weighted by atomic mass is 9.97. The van der Waals surface area contributed by atoms with Crippen molar-refractivity contribution >= 4 is 5.69 Å². The summed E-state index contributed by atoms with van der Waals surface area (Å²) in [5.74, 6) is 1.32. The summed E-state index contributed by atoms with van der Waals surface area (Å²) in [6, 6.07) is 20.3. The van der Waals surface area contributed by atoms with Gasteiger partial charge in [0.1, 0.15) is 12.1 Å². The highest BCUT2D eigenvalue weighted by atomic mass is 16.5. The number of hydrogen-bond acceptors (Lipinski definition) is 5. The van der Waals surface area contributed by atoms with E-state index in [-0.39, 0.29) is 5.69 Å². The standard InChI is InChI=1S/C31H34N4O3/c1-20-14-21(2)30(22(3)15-20)33-29-18-26-25-17-27(37-4)28(38-19-23-8-6-5-7-9-23)16-24(25)10-12-34(26)31(36)35(29)13-11-32/h5-9,14-18H,10-13,19,32H2,1-4H3/b33-29+. The number of aryl methyl sites for hydroxylation is 4. The third-order valence-electron chi connectivity index (χ3n) is 7.02. The van der Waals surface area contributed by atoms with Gasteiger partial charge in [0.2, 0.25) is 0 Å². The van der Waals surface area contributed by atoms with E-state index in [0.717, 1.165) is 39.2 Å². The Bertz CT molecular complexity index is 1590. The van der Waals surface area contributed by atoms with Gasteiger partial charge < -0.3 is 15.2 Å². The van der Waals surface area contributed by atoms with Crippen LogP contribution in [0.15, 0.2) is 70.5 Å². The summed E-state index contributed by atoms with van der Waals surface area (Å²) >= 11 is 0. The molecule has 7 nitrogen and oxygen atoms in total. The van der Waals surface area contributed by atoms with Crippen LogP contribution in [0.3, 0.4) is 0 Å². The van der Waals surface area contributed by atoms with Crippen LogP contribution in [0.5, 0.6) is 11.5 Å². The lowest BCUT2D eigenvalue weighted by Gasteiger charge is -2.25. The minimum Gasteiger partial charge on any atom is -0.493 e. The molecule has 1 aliphatic heterocycles. The van der Waals surface area contributed by atoms with Crippen LogP contribution in [0.1, 0.15) is 27.8 Å². The zero-order valence-corrected chi connectivity index (χ0v) is 22.5. The van der Waals surface area contributed by atoms with Crippen molar-refractivity contribution in [3.63, 3.8) is 0 Å². The second kappa shape index (κ2) is 10.7. The first-order valence-electron chi connectivity index (χ1n) is 12.9. The lowest BCUT2D eigenvalue weighted by molar-refractivity contribution is 0.284. The third kappa shape index (κ3) is 4.89. The van der Waals surface area contributed by atoms with Gasteiger partial charge in [0.15, 0.2) is 11.5 Å². The van der Waals surface area contributed by atoms with Crippen molar-refractivity contribution in [1.82, 2.24) is 9.13 Å². The second-order valence-corrected chi connectivity index (χ2v) is 9.81. The van der Waals surface area contributed by atoms with Crippen LogP contribution in [0, 0.1) is 20.8 Å². The van der Waals surface area contributed by atoms with Crippen LogP contribution in [0.25, 0.3) is 11.3 Å². The molecule has 0 saturated carbocycles. The Morgan fingerprint density at radius 1 is 0.974 bits per heavy atom. The molecule has 0 saturated heterocycles. The van der Waals surface area contributed by atoms with Crippen LogP contribution >= 0.6 is 0 Å². The maximum Gasteiger partial charge on any atom is 0.330 e. The normalized spacial score (nSPS) is 12.7. The molecule has 0 unspecified atom stereocenters. The highest BCUT2D eigenvalue weighted by Crippen LogP contribution is 2.38. The highest BCUT2D eigenvalue weighted by Gasteiger charge is 2.22. The predicted molar refractivity (Wildman–Crippen MR) is 150 cm³/mol. The topological polar surface area (TPSA) is 83.8 Å². The number of nitrogens with zero attached hydrogens (tertiary/aromatic N) is 3. The van der Waals surface area contributed by atoms with Gasteiger partial charge in [0.05, 0.1) is 18.5 Å². The molecule has 0 atom stereocenters.